The number of carbonyl (C=O) groups is 3. The highest BCUT2D eigenvalue weighted by Crippen LogP contribution is 2.57. The van der Waals surface area contributed by atoms with Crippen molar-refractivity contribution in [2.75, 3.05) is 13.1 Å². The van der Waals surface area contributed by atoms with Crippen LogP contribution in [0.3, 0.4) is 0 Å². The van der Waals surface area contributed by atoms with Crippen molar-refractivity contribution in [2.24, 2.45) is 28.5 Å². The summed E-state index contributed by atoms with van der Waals surface area (Å²) in [6.45, 7) is 3.66. The third-order valence-corrected chi connectivity index (χ3v) is 9.03. The number of allylic oxidation sites excluding steroid dienone is 1. The van der Waals surface area contributed by atoms with E-state index in [4.69, 9.17) is 5.73 Å². The molecule has 4 N–H and O–H groups in total. The number of phenols is 1. The quantitative estimate of drug-likeness (QED) is 0.557. The third kappa shape index (κ3) is 3.69. The average Bonchev–Trinajstić information content (AvgIpc) is 3.63. The van der Waals surface area contributed by atoms with Crippen LogP contribution in [0.2, 0.25) is 0 Å². The molecule has 8 nitrogen and oxygen atoms in total. The molecule has 2 heterocycles. The van der Waals surface area contributed by atoms with Gasteiger partial charge in [0.05, 0.1) is 0 Å². The molecule has 3 fully saturated rings. The van der Waals surface area contributed by atoms with Crippen molar-refractivity contribution in [3.63, 3.8) is 0 Å². The average molecular weight is 477 g/mol. The van der Waals surface area contributed by atoms with Gasteiger partial charge in [-0.2, -0.15) is 0 Å². The summed E-state index contributed by atoms with van der Waals surface area (Å²) in [5.74, 6) is -0.460. The molecule has 2 saturated carbocycles. The monoisotopic (exact) mass is 476 g/mol. The van der Waals surface area contributed by atoms with Crippen LogP contribution in [0.25, 0.3) is 0 Å². The molecule has 6 rings (SSSR count). The van der Waals surface area contributed by atoms with Gasteiger partial charge in [0.15, 0.2) is 0 Å². The number of likely N-dealkylation sites (tertiary alicyclic amines) is 1. The van der Waals surface area contributed by atoms with Crippen molar-refractivity contribution in [3.05, 3.63) is 41.0 Å². The highest BCUT2D eigenvalue weighted by atomic mass is 16.3. The summed E-state index contributed by atoms with van der Waals surface area (Å²) >= 11 is 0. The second-order valence-corrected chi connectivity index (χ2v) is 11.2. The number of phenolic OH excluding ortho intramolecular Hbond substituents is 1. The fourth-order valence-electron chi connectivity index (χ4n) is 7.04. The Bertz CT molecular complexity index is 1190. The first-order valence-electron chi connectivity index (χ1n) is 12.8. The van der Waals surface area contributed by atoms with Crippen LogP contribution in [0.4, 0.5) is 0 Å². The smallest absolute Gasteiger partial charge is 0.282 e. The lowest BCUT2D eigenvalue weighted by Gasteiger charge is -2.60. The van der Waals surface area contributed by atoms with E-state index in [2.05, 4.69) is 21.3 Å². The maximum absolute atomic E-state index is 12.9. The van der Waals surface area contributed by atoms with E-state index in [0.29, 0.717) is 18.4 Å². The van der Waals surface area contributed by atoms with Crippen molar-refractivity contribution in [2.45, 2.75) is 62.9 Å². The van der Waals surface area contributed by atoms with Crippen molar-refractivity contribution in [1.29, 1.82) is 0 Å². The van der Waals surface area contributed by atoms with E-state index in [1.807, 2.05) is 6.07 Å². The third-order valence-electron chi connectivity index (χ3n) is 9.03. The largest absolute Gasteiger partial charge is 0.508 e. The number of aromatic hydroxyl groups is 1. The Kier molecular flexibility index (Phi) is 5.14. The van der Waals surface area contributed by atoms with Crippen molar-refractivity contribution >= 4 is 23.4 Å². The lowest BCUT2D eigenvalue weighted by Crippen LogP contribution is -2.63. The Hall–Kier alpha value is -3.00. The van der Waals surface area contributed by atoms with Gasteiger partial charge in [0.1, 0.15) is 17.4 Å². The van der Waals surface area contributed by atoms with Gasteiger partial charge in [-0.15, -0.1) is 0 Å². The molecule has 3 aliphatic carbocycles. The number of primary amides is 1. The Morgan fingerprint density at radius 2 is 2.14 bits per heavy atom. The number of carbonyl (C=O) groups excluding carboxylic acids is 3. The standard InChI is InChI=1S/C27H32N4O4/c1-14(24(28)33)29-25(34)19-8-17-9-21-23-10-16-4-5-18(32)11-20(16)27(21,12-22(17)30-26(19)35)6-7-31(23)13-15-2-3-15/h4-5,8,11,14-15,17,21,23,32H,2-3,6-7,9-10,12-13H2,1H3,(H2,28,33)(H,29,34)/t14-,17?,21-,23+,27+/m0/s1. The zero-order chi connectivity index (χ0) is 24.5. The van der Waals surface area contributed by atoms with Gasteiger partial charge in [-0.3, -0.25) is 19.3 Å². The highest BCUT2D eigenvalue weighted by Gasteiger charge is 2.57. The van der Waals surface area contributed by atoms with Crippen LogP contribution < -0.4 is 11.1 Å². The molecule has 1 aromatic carbocycles. The minimum atomic E-state index is -0.867. The van der Waals surface area contributed by atoms with Gasteiger partial charge in [0.2, 0.25) is 5.91 Å². The number of hydrogen-bond acceptors (Lipinski definition) is 5. The molecular weight excluding hydrogens is 444 g/mol. The zero-order valence-corrected chi connectivity index (χ0v) is 20.0. The Labute approximate surface area is 204 Å². The fraction of sp³-hybridized carbons (Fsp3) is 0.556. The Balaban J connectivity index is 1.35. The van der Waals surface area contributed by atoms with Gasteiger partial charge in [-0.25, -0.2) is 4.99 Å². The van der Waals surface area contributed by atoms with Crippen LogP contribution in [0.1, 0.15) is 50.2 Å². The minimum absolute atomic E-state index is 0.00310. The molecule has 8 heteroatoms. The van der Waals surface area contributed by atoms with Crippen molar-refractivity contribution in [1.82, 2.24) is 10.2 Å². The Morgan fingerprint density at radius 3 is 2.89 bits per heavy atom. The Morgan fingerprint density at radius 1 is 1.34 bits per heavy atom. The summed E-state index contributed by atoms with van der Waals surface area (Å²) in [6, 6.07) is 5.32. The number of nitrogens with one attached hydrogen (secondary N) is 1. The van der Waals surface area contributed by atoms with Crippen LogP contribution in [-0.4, -0.2) is 58.6 Å². The highest BCUT2D eigenvalue weighted by molar-refractivity contribution is 6.23. The van der Waals surface area contributed by atoms with Crippen LogP contribution in [-0.2, 0) is 26.2 Å². The van der Waals surface area contributed by atoms with E-state index in [9.17, 15) is 19.5 Å². The molecule has 2 bridgehead atoms. The molecular formula is C27H32N4O4. The zero-order valence-electron chi connectivity index (χ0n) is 20.0. The van der Waals surface area contributed by atoms with Crippen molar-refractivity contribution in [3.8, 4) is 5.75 Å². The summed E-state index contributed by atoms with van der Waals surface area (Å²) in [7, 11) is 0. The predicted octanol–water partition coefficient (Wildman–Crippen LogP) is 1.59. The summed E-state index contributed by atoms with van der Waals surface area (Å²) in [5, 5.41) is 12.9. The van der Waals surface area contributed by atoms with Gasteiger partial charge < -0.3 is 16.2 Å². The maximum atomic E-state index is 12.9. The molecule has 5 atom stereocenters. The number of rotatable bonds is 5. The van der Waals surface area contributed by atoms with Gasteiger partial charge in [-0.1, -0.05) is 12.1 Å². The predicted molar refractivity (Wildman–Crippen MR) is 130 cm³/mol. The first-order valence-corrected chi connectivity index (χ1v) is 12.8. The van der Waals surface area contributed by atoms with Gasteiger partial charge in [0, 0.05) is 29.6 Å². The van der Waals surface area contributed by atoms with Gasteiger partial charge in [0.25, 0.3) is 11.8 Å². The molecule has 1 unspecified atom stereocenters. The number of nitrogens with two attached hydrogens (primary N) is 1. The number of hydrogen-bond donors (Lipinski definition) is 3. The van der Waals surface area contributed by atoms with Crippen LogP contribution in [0.5, 0.6) is 5.75 Å². The molecule has 0 spiro atoms. The van der Waals surface area contributed by atoms with Gasteiger partial charge >= 0.3 is 0 Å². The topological polar surface area (TPSA) is 125 Å². The molecule has 5 aliphatic rings. The number of piperidine rings is 1. The van der Waals surface area contributed by atoms with E-state index in [1.54, 1.807) is 12.1 Å². The number of aliphatic imine (C=N–C) groups is 1. The van der Waals surface area contributed by atoms with E-state index in [-0.39, 0.29) is 22.7 Å². The molecule has 1 aromatic rings. The molecule has 0 aromatic heterocycles. The molecule has 1 saturated heterocycles. The summed E-state index contributed by atoms with van der Waals surface area (Å²) in [4.78, 5) is 44.1. The number of nitrogens with zero attached hydrogens (tertiary/aromatic N) is 2. The summed E-state index contributed by atoms with van der Waals surface area (Å²) in [6.07, 6.45) is 7.81. The molecule has 184 valence electrons. The summed E-state index contributed by atoms with van der Waals surface area (Å²) < 4.78 is 0. The number of benzene rings is 1. The maximum Gasteiger partial charge on any atom is 0.282 e. The lowest BCUT2D eigenvalue weighted by molar-refractivity contribution is -0.127. The first kappa shape index (κ1) is 22.5. The van der Waals surface area contributed by atoms with E-state index < -0.39 is 23.8 Å². The molecule has 2 aliphatic heterocycles. The molecule has 35 heavy (non-hydrogen) atoms. The van der Waals surface area contributed by atoms with E-state index in [0.717, 1.165) is 44.0 Å². The van der Waals surface area contributed by atoms with Crippen LogP contribution >= 0.6 is 0 Å². The van der Waals surface area contributed by atoms with Gasteiger partial charge in [-0.05, 0) is 87.1 Å². The molecule has 3 amide bonds. The SMILES string of the molecule is C[C@H](NC(=O)C1=CC2C[C@H]3[C@H]4Cc5ccc(O)cc5[C@@]3(CCN4CC3CC3)CC2=NC1=O)C(N)=O. The first-order chi connectivity index (χ1) is 16.7. The number of amides is 3. The summed E-state index contributed by atoms with van der Waals surface area (Å²) in [5.41, 5.74) is 8.45. The van der Waals surface area contributed by atoms with Crippen LogP contribution in [0, 0.1) is 17.8 Å². The lowest BCUT2D eigenvalue weighted by atomic mass is 9.50. The van der Waals surface area contributed by atoms with Crippen LogP contribution in [0.15, 0.2) is 34.8 Å². The van der Waals surface area contributed by atoms with Crippen molar-refractivity contribution < 1.29 is 19.5 Å². The normalized spacial score (nSPS) is 32.4. The number of fused-ring (bicyclic) bond motifs is 2. The minimum Gasteiger partial charge on any atom is -0.508 e. The second-order valence-electron chi connectivity index (χ2n) is 11.2. The van der Waals surface area contributed by atoms with E-state index in [1.165, 1.54) is 30.9 Å². The van der Waals surface area contributed by atoms with E-state index >= 15 is 0 Å². The number of dihydropyridines is 1. The molecule has 0 radical (unpaired) electrons. The fourth-order valence-corrected chi connectivity index (χ4v) is 7.04. The second kappa shape index (κ2) is 8.01.